The molecular weight excluding hydrogens is 268 g/mol. The maximum atomic E-state index is 10.4. The van der Waals surface area contributed by atoms with Gasteiger partial charge in [-0.1, -0.05) is 31.2 Å². The number of phenols is 1. The molecule has 21 heavy (non-hydrogen) atoms. The van der Waals surface area contributed by atoms with Gasteiger partial charge in [0.2, 0.25) is 0 Å². The van der Waals surface area contributed by atoms with Crippen LogP contribution in [0.3, 0.4) is 0 Å². The van der Waals surface area contributed by atoms with Crippen LogP contribution in [0.2, 0.25) is 0 Å². The molecule has 0 aliphatic heterocycles. The van der Waals surface area contributed by atoms with Crippen molar-refractivity contribution in [3.8, 4) is 23.0 Å². The molecule has 0 aromatic heterocycles. The minimum atomic E-state index is 0.0521. The fourth-order valence-corrected chi connectivity index (χ4v) is 2.19. The van der Waals surface area contributed by atoms with E-state index in [2.05, 4.69) is 0 Å². The third kappa shape index (κ3) is 3.47. The van der Waals surface area contributed by atoms with Crippen LogP contribution in [0, 0.1) is 0 Å². The molecule has 2 rings (SSSR count). The number of ether oxygens (including phenoxy) is 2. The monoisotopic (exact) mass is 288 g/mol. The Morgan fingerprint density at radius 3 is 2.33 bits per heavy atom. The van der Waals surface area contributed by atoms with Gasteiger partial charge in [-0.05, 0) is 30.5 Å². The van der Waals surface area contributed by atoms with Crippen LogP contribution < -0.4 is 9.47 Å². The minimum Gasteiger partial charge on any atom is -0.504 e. The van der Waals surface area contributed by atoms with Crippen molar-refractivity contribution in [1.29, 1.82) is 0 Å². The molecule has 1 unspecified atom stereocenters. The highest BCUT2D eigenvalue weighted by atomic mass is 16.5. The lowest BCUT2D eigenvalue weighted by atomic mass is 9.97. The molecule has 0 saturated heterocycles. The van der Waals surface area contributed by atoms with E-state index in [9.17, 15) is 5.11 Å². The number of benzene rings is 2. The van der Waals surface area contributed by atoms with Gasteiger partial charge >= 0.3 is 0 Å². The third-order valence-electron chi connectivity index (χ3n) is 3.41. The first kappa shape index (κ1) is 15.2. The quantitative estimate of drug-likeness (QED) is 0.851. The Bertz CT molecular complexity index is 595. The topological polar surface area (TPSA) is 58.9 Å². The summed E-state index contributed by atoms with van der Waals surface area (Å²) in [6.45, 7) is 2.04. The molecule has 0 aliphatic carbocycles. The van der Waals surface area contributed by atoms with E-state index in [1.54, 1.807) is 25.3 Å². The van der Waals surface area contributed by atoms with Crippen molar-refractivity contribution in [2.24, 2.45) is 0 Å². The molecule has 2 N–H and O–H groups in total. The number of hydrogen-bond acceptors (Lipinski definition) is 4. The normalized spacial score (nSPS) is 12.0. The van der Waals surface area contributed by atoms with Gasteiger partial charge in [0.05, 0.1) is 7.11 Å². The standard InChI is InChI=1S/C17H20O4/c1-12(10-11-18)13-6-5-9-16(17(13)19)21-15-8-4-3-7-14(15)20-2/h3-9,12,18-19H,10-11H2,1-2H3. The van der Waals surface area contributed by atoms with Gasteiger partial charge in [0.15, 0.2) is 23.0 Å². The van der Waals surface area contributed by atoms with E-state index in [1.165, 1.54) is 0 Å². The molecule has 0 fully saturated rings. The average Bonchev–Trinajstić information content (AvgIpc) is 2.50. The number of aromatic hydroxyl groups is 1. The molecular formula is C17H20O4. The first-order valence-electron chi connectivity index (χ1n) is 6.91. The molecule has 0 saturated carbocycles. The molecule has 0 heterocycles. The molecule has 4 nitrogen and oxygen atoms in total. The summed E-state index contributed by atoms with van der Waals surface area (Å²) in [4.78, 5) is 0. The predicted octanol–water partition coefficient (Wildman–Crippen LogP) is 3.68. The van der Waals surface area contributed by atoms with E-state index >= 15 is 0 Å². The van der Waals surface area contributed by atoms with Crippen LogP contribution in [-0.2, 0) is 0 Å². The van der Waals surface area contributed by atoms with Gasteiger partial charge in [0.1, 0.15) is 0 Å². The van der Waals surface area contributed by atoms with E-state index < -0.39 is 0 Å². The molecule has 0 amide bonds. The molecule has 2 aromatic rings. The zero-order valence-electron chi connectivity index (χ0n) is 12.2. The summed E-state index contributed by atoms with van der Waals surface area (Å²) in [7, 11) is 1.57. The van der Waals surface area contributed by atoms with Gasteiger partial charge in [0.25, 0.3) is 0 Å². The smallest absolute Gasteiger partial charge is 0.169 e. The summed E-state index contributed by atoms with van der Waals surface area (Å²) in [5.74, 6) is 1.68. The number of hydrogen-bond donors (Lipinski definition) is 2. The van der Waals surface area contributed by atoms with Crippen molar-refractivity contribution in [2.45, 2.75) is 19.3 Å². The number of methoxy groups -OCH3 is 1. The van der Waals surface area contributed by atoms with Crippen LogP contribution in [-0.4, -0.2) is 23.9 Å². The van der Waals surface area contributed by atoms with Crippen LogP contribution >= 0.6 is 0 Å². The van der Waals surface area contributed by atoms with Crippen LogP contribution in [0.5, 0.6) is 23.0 Å². The summed E-state index contributed by atoms with van der Waals surface area (Å²) < 4.78 is 11.0. The Morgan fingerprint density at radius 2 is 1.67 bits per heavy atom. The van der Waals surface area contributed by atoms with Crippen LogP contribution in [0.25, 0.3) is 0 Å². The number of aliphatic hydroxyl groups excluding tert-OH is 1. The van der Waals surface area contributed by atoms with E-state index in [-0.39, 0.29) is 18.3 Å². The summed E-state index contributed by atoms with van der Waals surface area (Å²) in [6.07, 6.45) is 0.589. The van der Waals surface area contributed by atoms with Crippen LogP contribution in [0.1, 0.15) is 24.8 Å². The lowest BCUT2D eigenvalue weighted by Crippen LogP contribution is -1.98. The second-order valence-corrected chi connectivity index (χ2v) is 4.86. The largest absolute Gasteiger partial charge is 0.504 e. The van der Waals surface area contributed by atoms with Gasteiger partial charge < -0.3 is 19.7 Å². The Labute approximate surface area is 124 Å². The summed E-state index contributed by atoms with van der Waals surface area (Å²) in [6, 6.07) is 12.6. The molecule has 0 radical (unpaired) electrons. The molecule has 112 valence electrons. The average molecular weight is 288 g/mol. The number of phenolic OH excluding ortho intramolecular Hbond substituents is 1. The maximum absolute atomic E-state index is 10.4. The lowest BCUT2D eigenvalue weighted by Gasteiger charge is -2.16. The van der Waals surface area contributed by atoms with Gasteiger partial charge in [-0.25, -0.2) is 0 Å². The maximum Gasteiger partial charge on any atom is 0.169 e. The summed E-state index contributed by atoms with van der Waals surface area (Å²) in [5, 5.41) is 19.4. The van der Waals surface area contributed by atoms with Crippen molar-refractivity contribution in [1.82, 2.24) is 0 Å². The molecule has 4 heteroatoms. The Morgan fingerprint density at radius 1 is 1.00 bits per heavy atom. The fraction of sp³-hybridized carbons (Fsp3) is 0.294. The highest BCUT2D eigenvalue weighted by molar-refractivity contribution is 5.51. The van der Waals surface area contributed by atoms with E-state index in [0.717, 1.165) is 5.56 Å². The van der Waals surface area contributed by atoms with Crippen molar-refractivity contribution < 1.29 is 19.7 Å². The van der Waals surface area contributed by atoms with Crippen molar-refractivity contribution in [3.63, 3.8) is 0 Å². The van der Waals surface area contributed by atoms with Crippen molar-refractivity contribution in [2.75, 3.05) is 13.7 Å². The third-order valence-corrected chi connectivity index (χ3v) is 3.41. The highest BCUT2D eigenvalue weighted by Gasteiger charge is 2.15. The molecule has 0 aliphatic rings. The zero-order chi connectivity index (χ0) is 15.2. The van der Waals surface area contributed by atoms with Crippen LogP contribution in [0.4, 0.5) is 0 Å². The first-order chi connectivity index (χ1) is 10.2. The number of para-hydroxylation sites is 3. The molecule has 0 bridgehead atoms. The predicted molar refractivity (Wildman–Crippen MR) is 81.3 cm³/mol. The fourth-order valence-electron chi connectivity index (χ4n) is 2.19. The SMILES string of the molecule is COc1ccccc1Oc1cccc(C(C)CCO)c1O. The van der Waals surface area contributed by atoms with E-state index in [0.29, 0.717) is 23.7 Å². The van der Waals surface area contributed by atoms with Crippen molar-refractivity contribution in [3.05, 3.63) is 48.0 Å². The van der Waals surface area contributed by atoms with Gasteiger partial charge in [-0.15, -0.1) is 0 Å². The Kier molecular flexibility index (Phi) is 5.06. The highest BCUT2D eigenvalue weighted by Crippen LogP contribution is 2.40. The van der Waals surface area contributed by atoms with Gasteiger partial charge in [-0.3, -0.25) is 0 Å². The number of aliphatic hydroxyl groups is 1. The molecule has 2 aromatic carbocycles. The van der Waals surface area contributed by atoms with E-state index in [4.69, 9.17) is 14.6 Å². The van der Waals surface area contributed by atoms with Gasteiger partial charge in [-0.2, -0.15) is 0 Å². The first-order valence-corrected chi connectivity index (χ1v) is 6.91. The number of rotatable bonds is 6. The molecule has 1 atom stereocenters. The van der Waals surface area contributed by atoms with Gasteiger partial charge in [0, 0.05) is 12.2 Å². The Balaban J connectivity index is 2.30. The van der Waals surface area contributed by atoms with Crippen LogP contribution in [0.15, 0.2) is 42.5 Å². The second-order valence-electron chi connectivity index (χ2n) is 4.86. The summed E-state index contributed by atoms with van der Waals surface area (Å²) in [5.41, 5.74) is 0.761. The minimum absolute atomic E-state index is 0.0521. The van der Waals surface area contributed by atoms with E-state index in [1.807, 2.05) is 31.2 Å². The lowest BCUT2D eigenvalue weighted by molar-refractivity contribution is 0.277. The summed E-state index contributed by atoms with van der Waals surface area (Å²) >= 11 is 0. The second kappa shape index (κ2) is 6.99. The van der Waals surface area contributed by atoms with Crippen molar-refractivity contribution >= 4 is 0 Å². The zero-order valence-corrected chi connectivity index (χ0v) is 12.2. The Hall–Kier alpha value is -2.20. The molecule has 0 spiro atoms.